The van der Waals surface area contributed by atoms with Gasteiger partial charge in [-0.15, -0.1) is 0 Å². The molecule has 4 heteroatoms. The molecule has 0 N–H and O–H groups in total. The molecule has 0 aliphatic rings. The second-order valence-electron chi connectivity index (χ2n) is 5.70. The van der Waals surface area contributed by atoms with Gasteiger partial charge in [0.15, 0.2) is 0 Å². The van der Waals surface area contributed by atoms with Gasteiger partial charge >= 0.3 is 0 Å². The van der Waals surface area contributed by atoms with Crippen LogP contribution >= 0.6 is 15.9 Å². The van der Waals surface area contributed by atoms with E-state index in [2.05, 4.69) is 49.8 Å². The van der Waals surface area contributed by atoms with Crippen molar-refractivity contribution in [1.82, 2.24) is 0 Å². The summed E-state index contributed by atoms with van der Waals surface area (Å²) in [6.45, 7) is 13.3. The molecule has 1 radical (unpaired) electrons. The minimum absolute atomic E-state index is 0.318. The highest BCUT2D eigenvalue weighted by molar-refractivity contribution is 9.10. The molecule has 0 aliphatic heterocycles. The average Bonchev–Trinajstić information content (AvgIpc) is 2.33. The molecular formula is C15H24BrO2Si. The third-order valence-corrected chi connectivity index (χ3v) is 7.18. The van der Waals surface area contributed by atoms with Crippen LogP contribution in [0.25, 0.3) is 0 Å². The molecule has 0 atom stereocenters. The topological polar surface area (TPSA) is 18.5 Å². The number of aryl methyl sites for hydroxylation is 1. The maximum absolute atomic E-state index is 5.73. The Morgan fingerprint density at radius 1 is 1.21 bits per heavy atom. The molecule has 1 aromatic rings. The molecule has 0 fully saturated rings. The van der Waals surface area contributed by atoms with Crippen molar-refractivity contribution in [2.45, 2.75) is 38.9 Å². The van der Waals surface area contributed by atoms with Gasteiger partial charge in [-0.25, -0.2) is 0 Å². The number of rotatable bonds is 7. The van der Waals surface area contributed by atoms with Crippen LogP contribution < -0.4 is 4.74 Å². The second kappa shape index (κ2) is 7.46. The first-order valence-corrected chi connectivity index (χ1v) is 9.89. The van der Waals surface area contributed by atoms with Crippen LogP contribution in [0.15, 0.2) is 22.7 Å². The first kappa shape index (κ1) is 16.7. The van der Waals surface area contributed by atoms with Gasteiger partial charge in [0.05, 0.1) is 15.4 Å². The van der Waals surface area contributed by atoms with Crippen molar-refractivity contribution in [3.05, 3.63) is 28.2 Å². The summed E-state index contributed by atoms with van der Waals surface area (Å²) in [7, 11) is -0.331. The van der Waals surface area contributed by atoms with Crippen LogP contribution in [0.5, 0.6) is 5.75 Å². The fourth-order valence-electron chi connectivity index (χ4n) is 1.40. The molecule has 0 spiro atoms. The molecule has 0 aromatic heterocycles. The fourth-order valence-corrected chi connectivity index (χ4v) is 2.03. The zero-order valence-electron chi connectivity index (χ0n) is 12.5. The van der Waals surface area contributed by atoms with E-state index in [4.69, 9.17) is 9.47 Å². The van der Waals surface area contributed by atoms with Crippen LogP contribution in [0.1, 0.15) is 19.4 Å². The van der Waals surface area contributed by atoms with E-state index < -0.39 is 0 Å². The normalized spacial score (nSPS) is 11.9. The van der Waals surface area contributed by atoms with Gasteiger partial charge in [-0.1, -0.05) is 42.9 Å². The lowest BCUT2D eigenvalue weighted by atomic mass is 10.2. The summed E-state index contributed by atoms with van der Waals surface area (Å²) in [5.41, 5.74) is 1.18. The van der Waals surface area contributed by atoms with Gasteiger partial charge in [0.25, 0.3) is 0 Å². The van der Waals surface area contributed by atoms with E-state index in [1.165, 1.54) is 5.56 Å². The number of benzene rings is 1. The predicted molar refractivity (Wildman–Crippen MR) is 86.7 cm³/mol. The van der Waals surface area contributed by atoms with Crippen LogP contribution in [-0.4, -0.2) is 28.6 Å². The van der Waals surface area contributed by atoms with Crippen LogP contribution in [0.2, 0.25) is 18.1 Å². The number of halogens is 1. The Morgan fingerprint density at radius 3 is 2.47 bits per heavy atom. The van der Waals surface area contributed by atoms with Crippen LogP contribution in [0.4, 0.5) is 0 Å². The summed E-state index contributed by atoms with van der Waals surface area (Å²) in [6, 6.07) is 6.02. The lowest BCUT2D eigenvalue weighted by Gasteiger charge is -2.27. The second-order valence-corrected chi connectivity index (χ2v) is 9.90. The molecule has 0 heterocycles. The monoisotopic (exact) mass is 343 g/mol. The van der Waals surface area contributed by atoms with Gasteiger partial charge in [0.2, 0.25) is 0 Å². The van der Waals surface area contributed by atoms with Crippen molar-refractivity contribution in [3.63, 3.8) is 0 Å². The highest BCUT2D eigenvalue weighted by Crippen LogP contribution is 2.28. The van der Waals surface area contributed by atoms with Gasteiger partial charge in [0.1, 0.15) is 12.4 Å². The Kier molecular flexibility index (Phi) is 6.57. The summed E-state index contributed by atoms with van der Waals surface area (Å²) in [5.74, 6) is 0.902. The van der Waals surface area contributed by atoms with E-state index >= 15 is 0 Å². The molecule has 0 amide bonds. The predicted octanol–water partition coefficient (Wildman–Crippen LogP) is 4.69. The molecule has 1 aromatic carbocycles. The Labute approximate surface area is 127 Å². The minimum atomic E-state index is -0.331. The molecule has 1 rings (SSSR count). The van der Waals surface area contributed by atoms with E-state index in [0.717, 1.165) is 16.8 Å². The quantitative estimate of drug-likeness (QED) is 0.528. The molecule has 2 nitrogen and oxygen atoms in total. The van der Waals surface area contributed by atoms with Gasteiger partial charge in [0, 0.05) is 11.1 Å². The zero-order valence-corrected chi connectivity index (χ0v) is 15.1. The van der Waals surface area contributed by atoms with Gasteiger partial charge in [-0.2, -0.15) is 0 Å². The third-order valence-electron chi connectivity index (χ3n) is 3.44. The number of ether oxygens (including phenoxy) is 2. The summed E-state index contributed by atoms with van der Waals surface area (Å²) < 4.78 is 12.5. The molecule has 0 saturated carbocycles. The Balaban J connectivity index is 2.26. The lowest BCUT2D eigenvalue weighted by Crippen LogP contribution is -2.27. The minimum Gasteiger partial charge on any atom is -0.491 e. The molecule has 0 aliphatic carbocycles. The summed E-state index contributed by atoms with van der Waals surface area (Å²) >= 11 is 3.48. The third kappa shape index (κ3) is 5.67. The van der Waals surface area contributed by atoms with Gasteiger partial charge in [-0.3, -0.25) is 0 Å². The van der Waals surface area contributed by atoms with Gasteiger partial charge < -0.3 is 9.47 Å². The first-order chi connectivity index (χ1) is 8.83. The lowest BCUT2D eigenvalue weighted by molar-refractivity contribution is 0.0847. The zero-order chi connectivity index (χ0) is 14.5. The van der Waals surface area contributed by atoms with Gasteiger partial charge in [-0.05, 0) is 35.7 Å². The summed E-state index contributed by atoms with van der Waals surface area (Å²) in [4.78, 5) is 0. The summed E-state index contributed by atoms with van der Waals surface area (Å²) in [5, 5.41) is 0.318. The SMILES string of the molecule is Cc1cc(OCCOCC(C)(C)[Si](C)C)ccc1Br. The molecular weight excluding hydrogens is 320 g/mol. The Bertz CT molecular complexity index is 405. The van der Waals surface area contributed by atoms with Crippen molar-refractivity contribution in [2.24, 2.45) is 0 Å². The highest BCUT2D eigenvalue weighted by Gasteiger charge is 2.23. The molecule has 107 valence electrons. The molecule has 0 bridgehead atoms. The summed E-state index contributed by atoms with van der Waals surface area (Å²) in [6.07, 6.45) is 0. The molecule has 19 heavy (non-hydrogen) atoms. The number of hydrogen-bond acceptors (Lipinski definition) is 2. The van der Waals surface area contributed by atoms with Crippen molar-refractivity contribution >= 4 is 24.7 Å². The van der Waals surface area contributed by atoms with Crippen molar-refractivity contribution < 1.29 is 9.47 Å². The van der Waals surface area contributed by atoms with Crippen LogP contribution in [0.3, 0.4) is 0 Å². The van der Waals surface area contributed by atoms with E-state index in [9.17, 15) is 0 Å². The van der Waals surface area contributed by atoms with E-state index in [1.54, 1.807) is 0 Å². The average molecular weight is 344 g/mol. The smallest absolute Gasteiger partial charge is 0.119 e. The molecule has 0 unspecified atom stereocenters. The van der Waals surface area contributed by atoms with Crippen LogP contribution in [0, 0.1) is 6.92 Å². The fraction of sp³-hybridized carbons (Fsp3) is 0.600. The maximum Gasteiger partial charge on any atom is 0.119 e. The Hall–Kier alpha value is -0.323. The van der Waals surface area contributed by atoms with Crippen molar-refractivity contribution in [3.8, 4) is 5.75 Å². The maximum atomic E-state index is 5.73. The van der Waals surface area contributed by atoms with E-state index in [0.29, 0.717) is 18.3 Å². The van der Waals surface area contributed by atoms with E-state index in [1.807, 2.05) is 18.2 Å². The van der Waals surface area contributed by atoms with Crippen LogP contribution in [-0.2, 0) is 4.74 Å². The molecule has 0 saturated heterocycles. The Morgan fingerprint density at radius 2 is 1.89 bits per heavy atom. The van der Waals surface area contributed by atoms with E-state index in [-0.39, 0.29) is 8.80 Å². The number of hydrogen-bond donors (Lipinski definition) is 0. The first-order valence-electron chi connectivity index (χ1n) is 6.60. The standard InChI is InChI=1S/C15H24BrO2Si/c1-12-10-13(6-7-14(12)16)18-9-8-17-11-15(2,3)19(4)5/h6-7,10H,8-9,11H2,1-5H3. The van der Waals surface area contributed by atoms with Crippen molar-refractivity contribution in [1.29, 1.82) is 0 Å². The van der Waals surface area contributed by atoms with Crippen molar-refractivity contribution in [2.75, 3.05) is 19.8 Å². The highest BCUT2D eigenvalue weighted by atomic mass is 79.9. The largest absolute Gasteiger partial charge is 0.491 e.